The molecule has 1 aliphatic rings. The Labute approximate surface area is 199 Å². The molecule has 1 aromatic carbocycles. The second kappa shape index (κ2) is 10.5. The summed E-state index contributed by atoms with van der Waals surface area (Å²) in [4.78, 5) is 23.0. The summed E-state index contributed by atoms with van der Waals surface area (Å²) in [5, 5.41) is 5.43. The number of hydrogen-bond donors (Lipinski definition) is 0. The van der Waals surface area contributed by atoms with Crippen LogP contribution in [0.1, 0.15) is 48.1 Å². The molecule has 0 bridgehead atoms. The first kappa shape index (κ1) is 22.7. The Hall–Kier alpha value is -2.44. The molecule has 3 aromatic rings. The maximum absolute atomic E-state index is 12.6. The minimum Gasteiger partial charge on any atom is -0.372 e. The van der Waals surface area contributed by atoms with Gasteiger partial charge in [-0.25, -0.2) is 4.98 Å². The Morgan fingerprint density at radius 2 is 1.84 bits per heavy atom. The van der Waals surface area contributed by atoms with Crippen LogP contribution in [0.2, 0.25) is 0 Å². The van der Waals surface area contributed by atoms with Gasteiger partial charge < -0.3 is 9.80 Å². The SMILES string of the molecule is CCN(CC)c1ccc(-c2csc(C3CCN(C(=O)C=Cc4sccc4C)CC3)n2)cc1. The first-order chi connectivity index (χ1) is 15.6. The number of benzene rings is 1. The van der Waals surface area contributed by atoms with E-state index < -0.39 is 0 Å². The Kier molecular flexibility index (Phi) is 7.43. The maximum Gasteiger partial charge on any atom is 0.246 e. The lowest BCUT2D eigenvalue weighted by Crippen LogP contribution is -2.36. The van der Waals surface area contributed by atoms with E-state index in [1.54, 1.807) is 28.7 Å². The minimum absolute atomic E-state index is 0.115. The zero-order valence-electron chi connectivity index (χ0n) is 19.1. The average Bonchev–Trinajstić information content (AvgIpc) is 3.48. The van der Waals surface area contributed by atoms with Crippen molar-refractivity contribution in [3.05, 3.63) is 62.6 Å². The van der Waals surface area contributed by atoms with Gasteiger partial charge in [0.1, 0.15) is 0 Å². The van der Waals surface area contributed by atoms with Crippen LogP contribution >= 0.6 is 22.7 Å². The van der Waals surface area contributed by atoms with Gasteiger partial charge in [0.05, 0.1) is 10.7 Å². The number of piperidine rings is 1. The molecule has 1 fully saturated rings. The van der Waals surface area contributed by atoms with Crippen LogP contribution in [-0.4, -0.2) is 42.0 Å². The molecule has 32 heavy (non-hydrogen) atoms. The summed E-state index contributed by atoms with van der Waals surface area (Å²) in [6.45, 7) is 10.1. The van der Waals surface area contributed by atoms with Gasteiger partial charge in [-0.1, -0.05) is 12.1 Å². The number of rotatable bonds is 7. The highest BCUT2D eigenvalue weighted by atomic mass is 32.1. The lowest BCUT2D eigenvalue weighted by Gasteiger charge is -2.30. The number of anilines is 1. The van der Waals surface area contributed by atoms with Crippen LogP contribution in [0.5, 0.6) is 0 Å². The van der Waals surface area contributed by atoms with Crippen LogP contribution in [-0.2, 0) is 4.79 Å². The van der Waals surface area contributed by atoms with Crippen LogP contribution in [0.25, 0.3) is 17.3 Å². The van der Waals surface area contributed by atoms with Gasteiger partial charge in [0.25, 0.3) is 0 Å². The number of likely N-dealkylation sites (tertiary alicyclic amines) is 1. The summed E-state index contributed by atoms with van der Waals surface area (Å²) >= 11 is 3.43. The van der Waals surface area contributed by atoms with E-state index in [2.05, 4.69) is 66.8 Å². The van der Waals surface area contributed by atoms with Gasteiger partial charge in [-0.15, -0.1) is 22.7 Å². The monoisotopic (exact) mass is 465 g/mol. The predicted octanol–water partition coefficient (Wildman–Crippen LogP) is 6.45. The molecule has 0 atom stereocenters. The van der Waals surface area contributed by atoms with Crippen molar-refractivity contribution in [2.45, 2.75) is 39.5 Å². The van der Waals surface area contributed by atoms with Crippen molar-refractivity contribution in [3.8, 4) is 11.3 Å². The molecule has 2 aromatic heterocycles. The third-order valence-corrected chi connectivity index (χ3v) is 8.24. The van der Waals surface area contributed by atoms with E-state index in [-0.39, 0.29) is 5.91 Å². The molecular weight excluding hydrogens is 434 g/mol. The van der Waals surface area contributed by atoms with E-state index in [9.17, 15) is 4.79 Å². The molecule has 1 saturated heterocycles. The molecule has 1 aliphatic heterocycles. The van der Waals surface area contributed by atoms with E-state index in [0.717, 1.165) is 49.6 Å². The Bertz CT molecular complexity index is 1050. The van der Waals surface area contributed by atoms with E-state index in [1.165, 1.54) is 21.8 Å². The van der Waals surface area contributed by atoms with Crippen molar-refractivity contribution in [2.24, 2.45) is 0 Å². The van der Waals surface area contributed by atoms with Crippen molar-refractivity contribution in [3.63, 3.8) is 0 Å². The molecule has 0 spiro atoms. The summed E-state index contributed by atoms with van der Waals surface area (Å²) in [7, 11) is 0. The lowest BCUT2D eigenvalue weighted by molar-refractivity contribution is -0.126. The van der Waals surface area contributed by atoms with Crippen molar-refractivity contribution in [2.75, 3.05) is 31.1 Å². The predicted molar refractivity (Wildman–Crippen MR) is 138 cm³/mol. The van der Waals surface area contributed by atoms with Gasteiger partial charge in [-0.2, -0.15) is 0 Å². The third-order valence-electron chi connectivity index (χ3n) is 6.25. The van der Waals surface area contributed by atoms with Crippen molar-refractivity contribution in [1.29, 1.82) is 0 Å². The fourth-order valence-corrected chi connectivity index (χ4v) is 6.01. The maximum atomic E-state index is 12.6. The Morgan fingerprint density at radius 1 is 1.12 bits per heavy atom. The number of nitrogens with zero attached hydrogens (tertiary/aromatic N) is 3. The number of thiazole rings is 1. The van der Waals surface area contributed by atoms with Crippen molar-refractivity contribution in [1.82, 2.24) is 9.88 Å². The molecule has 4 rings (SSSR count). The van der Waals surface area contributed by atoms with Crippen LogP contribution in [0.3, 0.4) is 0 Å². The van der Waals surface area contributed by atoms with Crippen LogP contribution in [0.4, 0.5) is 5.69 Å². The van der Waals surface area contributed by atoms with Gasteiger partial charge in [-0.05, 0) is 68.8 Å². The molecule has 1 amide bonds. The fourth-order valence-electron chi connectivity index (χ4n) is 4.19. The third kappa shape index (κ3) is 5.13. The molecule has 0 saturated carbocycles. The smallest absolute Gasteiger partial charge is 0.246 e. The van der Waals surface area contributed by atoms with E-state index in [4.69, 9.17) is 4.98 Å². The summed E-state index contributed by atoms with van der Waals surface area (Å²) in [6, 6.07) is 10.8. The normalized spacial score (nSPS) is 14.9. The topological polar surface area (TPSA) is 36.4 Å². The highest BCUT2D eigenvalue weighted by Gasteiger charge is 2.25. The van der Waals surface area contributed by atoms with Crippen LogP contribution in [0, 0.1) is 6.92 Å². The Morgan fingerprint density at radius 3 is 2.47 bits per heavy atom. The molecule has 6 heteroatoms. The van der Waals surface area contributed by atoms with Crippen LogP contribution in [0.15, 0.2) is 47.2 Å². The number of hydrogen-bond acceptors (Lipinski definition) is 5. The quantitative estimate of drug-likeness (QED) is 0.376. The van der Waals surface area contributed by atoms with E-state index in [1.807, 2.05) is 11.0 Å². The van der Waals surface area contributed by atoms with Gasteiger partial charge in [0.2, 0.25) is 5.91 Å². The summed E-state index contributed by atoms with van der Waals surface area (Å²) in [6.07, 6.45) is 5.63. The molecule has 0 N–H and O–H groups in total. The lowest BCUT2D eigenvalue weighted by atomic mass is 9.97. The molecule has 0 unspecified atom stereocenters. The van der Waals surface area contributed by atoms with Gasteiger partial charge in [-0.3, -0.25) is 4.79 Å². The summed E-state index contributed by atoms with van der Waals surface area (Å²) < 4.78 is 0. The van der Waals surface area contributed by atoms with Crippen molar-refractivity contribution >= 4 is 40.3 Å². The molecule has 4 nitrogen and oxygen atoms in total. The Balaban J connectivity index is 1.34. The highest BCUT2D eigenvalue weighted by molar-refractivity contribution is 7.11. The molecule has 0 aliphatic carbocycles. The standard InChI is InChI=1S/C26H31N3OS2/c1-4-28(5-2)22-8-6-20(7-9-22)23-18-32-26(27-23)21-12-15-29(16-13-21)25(30)11-10-24-19(3)14-17-31-24/h6-11,14,17-18,21H,4-5,12-13,15-16H2,1-3H3. The second-order valence-corrected chi connectivity index (χ2v) is 10.0. The minimum atomic E-state index is 0.115. The van der Waals surface area contributed by atoms with Gasteiger partial charge in [0.15, 0.2) is 0 Å². The van der Waals surface area contributed by atoms with Crippen molar-refractivity contribution < 1.29 is 4.79 Å². The molecule has 0 radical (unpaired) electrons. The second-order valence-electron chi connectivity index (χ2n) is 8.19. The number of amides is 1. The number of aryl methyl sites for hydroxylation is 1. The zero-order chi connectivity index (χ0) is 22.5. The van der Waals surface area contributed by atoms with Crippen LogP contribution < -0.4 is 4.90 Å². The largest absolute Gasteiger partial charge is 0.372 e. The van der Waals surface area contributed by atoms with E-state index in [0.29, 0.717) is 5.92 Å². The number of carbonyl (C=O) groups excluding carboxylic acids is 1. The summed E-state index contributed by atoms with van der Waals surface area (Å²) in [5.74, 6) is 0.556. The van der Waals surface area contributed by atoms with Gasteiger partial charge in [0, 0.05) is 59.7 Å². The molecule has 168 valence electrons. The molecular formula is C26H31N3OS2. The summed E-state index contributed by atoms with van der Waals surface area (Å²) in [5.41, 5.74) is 4.71. The first-order valence-corrected chi connectivity index (χ1v) is 13.2. The highest BCUT2D eigenvalue weighted by Crippen LogP contribution is 2.33. The average molecular weight is 466 g/mol. The number of aromatic nitrogens is 1. The zero-order valence-corrected chi connectivity index (χ0v) is 20.7. The van der Waals surface area contributed by atoms with Gasteiger partial charge >= 0.3 is 0 Å². The number of carbonyl (C=O) groups is 1. The fraction of sp³-hybridized carbons (Fsp3) is 0.385. The number of thiophene rings is 1. The molecule has 3 heterocycles. The van der Waals surface area contributed by atoms with E-state index >= 15 is 0 Å². The first-order valence-electron chi connectivity index (χ1n) is 11.4.